The summed E-state index contributed by atoms with van der Waals surface area (Å²) in [6, 6.07) is 0. The minimum atomic E-state index is -0.607. The Morgan fingerprint density at radius 3 is 2.93 bits per heavy atom. The number of hydrogen-bond donors (Lipinski definition) is 1. The predicted octanol–water partition coefficient (Wildman–Crippen LogP) is 1.05. The Labute approximate surface area is 85.6 Å². The Kier molecular flexibility index (Phi) is 2.47. The summed E-state index contributed by atoms with van der Waals surface area (Å²) in [5, 5.41) is 7.05. The zero-order chi connectivity index (χ0) is 10.0. The lowest BCUT2D eigenvalue weighted by atomic mass is 9.79. The van der Waals surface area contributed by atoms with Gasteiger partial charge in [0.1, 0.15) is 10.6 Å². The zero-order valence-corrected chi connectivity index (χ0v) is 8.63. The molecular formula is C8H11N3O2S. The van der Waals surface area contributed by atoms with Crippen molar-refractivity contribution in [2.45, 2.75) is 24.9 Å². The van der Waals surface area contributed by atoms with Gasteiger partial charge in [0.25, 0.3) is 5.91 Å². The molecule has 0 radical (unpaired) electrons. The van der Waals surface area contributed by atoms with Gasteiger partial charge in [0.15, 0.2) is 0 Å². The van der Waals surface area contributed by atoms with Crippen LogP contribution in [0.25, 0.3) is 0 Å². The van der Waals surface area contributed by atoms with Gasteiger partial charge in [-0.3, -0.25) is 4.79 Å². The van der Waals surface area contributed by atoms with Crippen LogP contribution in [0, 0.1) is 0 Å². The molecule has 1 aromatic heterocycles. The van der Waals surface area contributed by atoms with Crippen molar-refractivity contribution in [3.63, 3.8) is 0 Å². The topological polar surface area (TPSA) is 64.1 Å². The second-order valence-corrected chi connectivity index (χ2v) is 4.07. The van der Waals surface area contributed by atoms with Gasteiger partial charge in [0, 0.05) is 18.6 Å². The molecule has 0 aromatic carbocycles. The van der Waals surface area contributed by atoms with Crippen LogP contribution < -0.4 is 5.32 Å². The number of nitrogens with one attached hydrogen (secondary N) is 1. The van der Waals surface area contributed by atoms with Crippen LogP contribution in [0.3, 0.4) is 0 Å². The van der Waals surface area contributed by atoms with Crippen LogP contribution in [-0.4, -0.2) is 28.2 Å². The fraction of sp³-hybridized carbons (Fsp3) is 0.625. The highest BCUT2D eigenvalue weighted by molar-refractivity contribution is 7.10. The molecule has 1 aliphatic rings. The number of anilines is 1. The molecule has 1 saturated carbocycles. The van der Waals surface area contributed by atoms with Crippen LogP contribution in [0.1, 0.15) is 19.3 Å². The average molecular weight is 213 g/mol. The first kappa shape index (κ1) is 9.54. The number of rotatable bonds is 3. The van der Waals surface area contributed by atoms with Crippen molar-refractivity contribution >= 4 is 22.4 Å². The fourth-order valence-corrected chi connectivity index (χ4v) is 1.88. The lowest BCUT2D eigenvalue weighted by molar-refractivity contribution is -0.148. The van der Waals surface area contributed by atoms with E-state index in [0.29, 0.717) is 5.00 Å². The molecule has 1 heterocycles. The molecule has 0 spiro atoms. The lowest BCUT2D eigenvalue weighted by Crippen LogP contribution is -2.50. The van der Waals surface area contributed by atoms with Gasteiger partial charge < -0.3 is 10.1 Å². The maximum absolute atomic E-state index is 11.8. The van der Waals surface area contributed by atoms with Crippen LogP contribution in [0.4, 0.5) is 5.00 Å². The van der Waals surface area contributed by atoms with Gasteiger partial charge >= 0.3 is 0 Å². The zero-order valence-electron chi connectivity index (χ0n) is 7.82. The second kappa shape index (κ2) is 3.62. The highest BCUT2D eigenvalue weighted by atomic mass is 32.1. The molecule has 1 amide bonds. The number of nitrogens with zero attached hydrogens (tertiary/aromatic N) is 2. The molecule has 5 nitrogen and oxygen atoms in total. The molecule has 2 rings (SSSR count). The van der Waals surface area contributed by atoms with Gasteiger partial charge in [-0.05, 0) is 19.3 Å². The molecule has 14 heavy (non-hydrogen) atoms. The van der Waals surface area contributed by atoms with Crippen molar-refractivity contribution in [1.29, 1.82) is 0 Å². The van der Waals surface area contributed by atoms with Gasteiger partial charge in [0.05, 0.1) is 6.20 Å². The Balaban J connectivity index is 2.01. The first-order chi connectivity index (χ1) is 6.77. The standard InChI is InChI=1S/C8H11N3O2S/c1-13-8(3-2-4-8)7(12)10-6-5-9-11-14-6/h5H,2-4H2,1H3,(H,10,12). The highest BCUT2D eigenvalue weighted by Crippen LogP contribution is 2.36. The van der Waals surface area contributed by atoms with Crippen molar-refractivity contribution < 1.29 is 9.53 Å². The summed E-state index contributed by atoms with van der Waals surface area (Å²) < 4.78 is 8.90. The molecule has 1 N–H and O–H groups in total. The van der Waals surface area contributed by atoms with Crippen molar-refractivity contribution in [3.05, 3.63) is 6.20 Å². The van der Waals surface area contributed by atoms with Crippen LogP contribution >= 0.6 is 11.5 Å². The molecule has 1 aromatic rings. The monoisotopic (exact) mass is 213 g/mol. The number of carbonyl (C=O) groups excluding carboxylic acids is 1. The van der Waals surface area contributed by atoms with E-state index in [-0.39, 0.29) is 5.91 Å². The molecule has 0 unspecified atom stereocenters. The van der Waals surface area contributed by atoms with E-state index in [1.807, 2.05) is 0 Å². The Morgan fingerprint density at radius 1 is 1.71 bits per heavy atom. The van der Waals surface area contributed by atoms with E-state index in [9.17, 15) is 4.79 Å². The molecule has 0 aliphatic heterocycles. The van der Waals surface area contributed by atoms with E-state index in [0.717, 1.165) is 30.8 Å². The van der Waals surface area contributed by atoms with Crippen molar-refractivity contribution in [1.82, 2.24) is 9.59 Å². The first-order valence-corrected chi connectivity index (χ1v) is 5.18. The minimum Gasteiger partial charge on any atom is -0.368 e. The molecule has 1 aliphatic carbocycles. The number of carbonyl (C=O) groups is 1. The summed E-state index contributed by atoms with van der Waals surface area (Å²) in [6.45, 7) is 0. The number of ether oxygens (including phenoxy) is 1. The summed E-state index contributed by atoms with van der Waals surface area (Å²) in [6.07, 6.45) is 4.16. The molecule has 0 bridgehead atoms. The number of amides is 1. The van der Waals surface area contributed by atoms with E-state index < -0.39 is 5.60 Å². The third-order valence-corrected chi connectivity index (χ3v) is 3.14. The number of methoxy groups -OCH3 is 1. The van der Waals surface area contributed by atoms with Crippen molar-refractivity contribution in [2.24, 2.45) is 0 Å². The average Bonchev–Trinajstić information content (AvgIpc) is 2.55. The van der Waals surface area contributed by atoms with E-state index in [1.165, 1.54) is 6.20 Å². The molecule has 0 atom stereocenters. The van der Waals surface area contributed by atoms with Gasteiger partial charge in [-0.1, -0.05) is 4.49 Å². The largest absolute Gasteiger partial charge is 0.368 e. The molecule has 1 fully saturated rings. The minimum absolute atomic E-state index is 0.0858. The third kappa shape index (κ3) is 1.51. The van der Waals surface area contributed by atoms with Gasteiger partial charge in [-0.2, -0.15) is 0 Å². The van der Waals surface area contributed by atoms with E-state index >= 15 is 0 Å². The van der Waals surface area contributed by atoms with Crippen LogP contribution in [0.15, 0.2) is 6.20 Å². The van der Waals surface area contributed by atoms with Crippen molar-refractivity contribution in [2.75, 3.05) is 12.4 Å². The van der Waals surface area contributed by atoms with Gasteiger partial charge in [-0.25, -0.2) is 0 Å². The van der Waals surface area contributed by atoms with E-state index in [1.54, 1.807) is 7.11 Å². The normalized spacial score (nSPS) is 18.6. The maximum atomic E-state index is 11.8. The molecule has 76 valence electrons. The highest BCUT2D eigenvalue weighted by Gasteiger charge is 2.44. The summed E-state index contributed by atoms with van der Waals surface area (Å²) in [5.74, 6) is -0.0858. The summed E-state index contributed by atoms with van der Waals surface area (Å²) in [7, 11) is 1.57. The Morgan fingerprint density at radius 2 is 2.50 bits per heavy atom. The van der Waals surface area contributed by atoms with E-state index in [2.05, 4.69) is 14.9 Å². The van der Waals surface area contributed by atoms with Gasteiger partial charge in [0.2, 0.25) is 0 Å². The van der Waals surface area contributed by atoms with Crippen molar-refractivity contribution in [3.8, 4) is 0 Å². The van der Waals surface area contributed by atoms with E-state index in [4.69, 9.17) is 4.74 Å². The lowest BCUT2D eigenvalue weighted by Gasteiger charge is -2.38. The quantitative estimate of drug-likeness (QED) is 0.815. The van der Waals surface area contributed by atoms with Gasteiger partial charge in [-0.15, -0.1) is 5.10 Å². The smallest absolute Gasteiger partial charge is 0.257 e. The second-order valence-electron chi connectivity index (χ2n) is 3.29. The molecular weight excluding hydrogens is 202 g/mol. The summed E-state index contributed by atoms with van der Waals surface area (Å²) in [4.78, 5) is 11.8. The summed E-state index contributed by atoms with van der Waals surface area (Å²) in [5.41, 5.74) is -0.607. The van der Waals surface area contributed by atoms with Crippen LogP contribution in [0.2, 0.25) is 0 Å². The molecule has 0 saturated heterocycles. The predicted molar refractivity (Wildman–Crippen MR) is 52.1 cm³/mol. The SMILES string of the molecule is COC1(C(=O)Nc2cnns2)CCC1. The maximum Gasteiger partial charge on any atom is 0.257 e. The number of hydrogen-bond acceptors (Lipinski definition) is 5. The molecule has 6 heteroatoms. The Hall–Kier alpha value is -1.01. The third-order valence-electron chi connectivity index (χ3n) is 2.56. The number of aromatic nitrogens is 2. The van der Waals surface area contributed by atoms with Crippen LogP contribution in [-0.2, 0) is 9.53 Å². The van der Waals surface area contributed by atoms with Crippen LogP contribution in [0.5, 0.6) is 0 Å². The first-order valence-electron chi connectivity index (χ1n) is 4.41. The fourth-order valence-electron chi connectivity index (χ4n) is 1.47. The Bertz CT molecular complexity index is 316. The summed E-state index contributed by atoms with van der Waals surface area (Å²) >= 11 is 1.16.